The van der Waals surface area contributed by atoms with Gasteiger partial charge in [-0.05, 0) is 54.1 Å². The number of carbonyl (C=O) groups excluding carboxylic acids is 3. The lowest BCUT2D eigenvalue weighted by atomic mass is 10.1. The van der Waals surface area contributed by atoms with E-state index in [9.17, 15) is 14.4 Å². The standard InChI is InChI=1S/C24H22N2O7S/c1-14(27)25-16-4-6-18(30-2)17(12-16)26-23(28)13-33-24(29)22-8-7-21(34-22)15-3-5-19-20(11-15)32-10-9-31-19/h3-8,11-12H,9-10,13H2,1-2H3,(H,25,27)(H,26,28). The number of rotatable bonds is 7. The molecule has 2 aromatic carbocycles. The van der Waals surface area contributed by atoms with E-state index in [0.29, 0.717) is 46.7 Å². The van der Waals surface area contributed by atoms with E-state index in [1.807, 2.05) is 24.3 Å². The molecule has 2 heterocycles. The highest BCUT2D eigenvalue weighted by Gasteiger charge is 2.17. The maximum atomic E-state index is 12.5. The molecule has 0 aliphatic carbocycles. The maximum Gasteiger partial charge on any atom is 0.348 e. The van der Waals surface area contributed by atoms with Crippen LogP contribution in [0.15, 0.2) is 48.5 Å². The van der Waals surface area contributed by atoms with Crippen LogP contribution in [0.25, 0.3) is 10.4 Å². The molecule has 3 aromatic rings. The van der Waals surface area contributed by atoms with Crippen molar-refractivity contribution < 1.29 is 33.3 Å². The molecular weight excluding hydrogens is 460 g/mol. The zero-order valence-electron chi connectivity index (χ0n) is 18.5. The van der Waals surface area contributed by atoms with Crippen molar-refractivity contribution in [1.82, 2.24) is 0 Å². The summed E-state index contributed by atoms with van der Waals surface area (Å²) in [6.07, 6.45) is 0. The van der Waals surface area contributed by atoms with Crippen molar-refractivity contribution >= 4 is 40.5 Å². The van der Waals surface area contributed by atoms with Gasteiger partial charge in [0.25, 0.3) is 5.91 Å². The number of ether oxygens (including phenoxy) is 4. The molecule has 0 fully saturated rings. The summed E-state index contributed by atoms with van der Waals surface area (Å²) in [5, 5.41) is 5.26. The van der Waals surface area contributed by atoms with Crippen LogP contribution < -0.4 is 24.8 Å². The first kappa shape index (κ1) is 23.1. The summed E-state index contributed by atoms with van der Waals surface area (Å²) in [4.78, 5) is 37.3. The van der Waals surface area contributed by atoms with Crippen LogP contribution in [0.1, 0.15) is 16.6 Å². The highest BCUT2D eigenvalue weighted by atomic mass is 32.1. The Morgan fingerprint density at radius 3 is 2.53 bits per heavy atom. The second-order valence-electron chi connectivity index (χ2n) is 7.24. The second kappa shape index (κ2) is 10.3. The van der Waals surface area contributed by atoms with Gasteiger partial charge >= 0.3 is 5.97 Å². The minimum absolute atomic E-state index is 0.247. The van der Waals surface area contributed by atoms with Crippen LogP contribution in [0.2, 0.25) is 0 Å². The van der Waals surface area contributed by atoms with Gasteiger partial charge in [-0.1, -0.05) is 0 Å². The van der Waals surface area contributed by atoms with Gasteiger partial charge in [0.2, 0.25) is 5.91 Å². The van der Waals surface area contributed by atoms with Gasteiger partial charge in [-0.2, -0.15) is 0 Å². The number of hydrogen-bond acceptors (Lipinski definition) is 8. The fraction of sp³-hybridized carbons (Fsp3) is 0.208. The molecule has 4 rings (SSSR count). The molecule has 34 heavy (non-hydrogen) atoms. The van der Waals surface area contributed by atoms with Gasteiger partial charge in [-0.25, -0.2) is 4.79 Å². The lowest BCUT2D eigenvalue weighted by Gasteiger charge is -2.18. The summed E-state index contributed by atoms with van der Waals surface area (Å²) in [5.74, 6) is 0.351. The Morgan fingerprint density at radius 2 is 1.76 bits per heavy atom. The van der Waals surface area contributed by atoms with E-state index in [1.54, 1.807) is 24.3 Å². The molecule has 0 saturated carbocycles. The molecule has 0 unspecified atom stereocenters. The monoisotopic (exact) mass is 482 g/mol. The van der Waals surface area contributed by atoms with Crippen LogP contribution in [0.5, 0.6) is 17.2 Å². The van der Waals surface area contributed by atoms with E-state index in [0.717, 1.165) is 10.4 Å². The summed E-state index contributed by atoms with van der Waals surface area (Å²) in [5.41, 5.74) is 1.72. The van der Waals surface area contributed by atoms with Crippen LogP contribution in [0.3, 0.4) is 0 Å². The number of benzene rings is 2. The Morgan fingerprint density at radius 1 is 0.971 bits per heavy atom. The zero-order valence-corrected chi connectivity index (χ0v) is 19.3. The van der Waals surface area contributed by atoms with Crippen molar-refractivity contribution in [2.75, 3.05) is 37.6 Å². The molecule has 1 aliphatic heterocycles. The van der Waals surface area contributed by atoms with Gasteiger partial charge in [0.15, 0.2) is 18.1 Å². The fourth-order valence-corrected chi connectivity index (χ4v) is 4.17. The third-order valence-electron chi connectivity index (χ3n) is 4.76. The molecule has 0 spiro atoms. The van der Waals surface area contributed by atoms with E-state index >= 15 is 0 Å². The molecule has 0 saturated heterocycles. The van der Waals surface area contributed by atoms with E-state index < -0.39 is 18.5 Å². The number of thiophene rings is 1. The van der Waals surface area contributed by atoms with Gasteiger partial charge in [-0.3, -0.25) is 9.59 Å². The third-order valence-corrected chi connectivity index (χ3v) is 5.88. The third kappa shape index (κ3) is 5.46. The van der Waals surface area contributed by atoms with Crippen molar-refractivity contribution in [2.24, 2.45) is 0 Å². The molecule has 1 aromatic heterocycles. The number of anilines is 2. The first-order chi connectivity index (χ1) is 16.4. The molecule has 2 amide bonds. The van der Waals surface area contributed by atoms with Crippen LogP contribution in [-0.4, -0.2) is 44.7 Å². The number of methoxy groups -OCH3 is 1. The summed E-state index contributed by atoms with van der Waals surface area (Å²) in [7, 11) is 1.46. The van der Waals surface area contributed by atoms with Gasteiger partial charge in [-0.15, -0.1) is 11.3 Å². The molecule has 0 bridgehead atoms. The Kier molecular flexibility index (Phi) is 6.98. The number of esters is 1. The summed E-state index contributed by atoms with van der Waals surface area (Å²) in [6, 6.07) is 13.9. The molecule has 176 valence electrons. The largest absolute Gasteiger partial charge is 0.495 e. The minimum Gasteiger partial charge on any atom is -0.495 e. The fourth-order valence-electron chi connectivity index (χ4n) is 3.27. The van der Waals surface area contributed by atoms with Crippen LogP contribution >= 0.6 is 11.3 Å². The van der Waals surface area contributed by atoms with E-state index in [-0.39, 0.29) is 5.91 Å². The normalized spacial score (nSPS) is 11.9. The van der Waals surface area contributed by atoms with E-state index in [1.165, 1.54) is 25.4 Å². The quantitative estimate of drug-likeness (QED) is 0.491. The molecule has 1 aliphatic rings. The van der Waals surface area contributed by atoms with E-state index in [4.69, 9.17) is 18.9 Å². The smallest absolute Gasteiger partial charge is 0.348 e. The number of carbonyl (C=O) groups is 3. The lowest BCUT2D eigenvalue weighted by Crippen LogP contribution is -2.21. The Balaban J connectivity index is 1.37. The number of hydrogen-bond donors (Lipinski definition) is 2. The first-order valence-corrected chi connectivity index (χ1v) is 11.2. The molecule has 0 atom stereocenters. The number of fused-ring (bicyclic) bond motifs is 1. The SMILES string of the molecule is COc1ccc(NC(C)=O)cc1NC(=O)COC(=O)c1ccc(-c2ccc3c(c2)OCCO3)s1. The predicted octanol–water partition coefficient (Wildman–Crippen LogP) is 3.95. The van der Waals surface area contributed by atoms with Crippen molar-refractivity contribution in [3.63, 3.8) is 0 Å². The van der Waals surface area contributed by atoms with Crippen LogP contribution in [0.4, 0.5) is 11.4 Å². The van der Waals surface area contributed by atoms with Crippen LogP contribution in [0, 0.1) is 0 Å². The average Bonchev–Trinajstić information content (AvgIpc) is 3.32. The minimum atomic E-state index is -0.608. The number of amides is 2. The molecule has 10 heteroatoms. The second-order valence-corrected chi connectivity index (χ2v) is 8.33. The van der Waals surface area contributed by atoms with Crippen molar-refractivity contribution in [2.45, 2.75) is 6.92 Å². The van der Waals surface area contributed by atoms with Crippen molar-refractivity contribution in [1.29, 1.82) is 0 Å². The Hall–Kier alpha value is -4.05. The molecule has 0 radical (unpaired) electrons. The van der Waals surface area contributed by atoms with E-state index in [2.05, 4.69) is 10.6 Å². The highest BCUT2D eigenvalue weighted by molar-refractivity contribution is 7.17. The van der Waals surface area contributed by atoms with Gasteiger partial charge in [0.1, 0.15) is 23.8 Å². The highest BCUT2D eigenvalue weighted by Crippen LogP contribution is 2.37. The van der Waals surface area contributed by atoms with Crippen LogP contribution in [-0.2, 0) is 14.3 Å². The summed E-state index contributed by atoms with van der Waals surface area (Å²) >= 11 is 1.25. The average molecular weight is 483 g/mol. The Labute approximate surface area is 199 Å². The van der Waals surface area contributed by atoms with Crippen molar-refractivity contribution in [3.8, 4) is 27.7 Å². The lowest BCUT2D eigenvalue weighted by molar-refractivity contribution is -0.119. The molecule has 2 N–H and O–H groups in total. The van der Waals surface area contributed by atoms with Gasteiger partial charge in [0, 0.05) is 17.5 Å². The topological polar surface area (TPSA) is 112 Å². The Bertz CT molecular complexity index is 1240. The van der Waals surface area contributed by atoms with Gasteiger partial charge < -0.3 is 29.6 Å². The van der Waals surface area contributed by atoms with Gasteiger partial charge in [0.05, 0.1) is 12.8 Å². The maximum absolute atomic E-state index is 12.5. The number of nitrogens with one attached hydrogen (secondary N) is 2. The first-order valence-electron chi connectivity index (χ1n) is 10.4. The molecular formula is C24H22N2O7S. The zero-order chi connectivity index (χ0) is 24.1. The summed E-state index contributed by atoms with van der Waals surface area (Å²) in [6.45, 7) is 1.90. The molecule has 9 nitrogen and oxygen atoms in total. The van der Waals surface area contributed by atoms with Crippen molar-refractivity contribution in [3.05, 3.63) is 53.4 Å². The predicted molar refractivity (Wildman–Crippen MR) is 127 cm³/mol. The summed E-state index contributed by atoms with van der Waals surface area (Å²) < 4.78 is 21.5.